The van der Waals surface area contributed by atoms with Crippen LogP contribution in [-0.2, 0) is 6.54 Å². The van der Waals surface area contributed by atoms with Gasteiger partial charge in [0.25, 0.3) is 0 Å². The third kappa shape index (κ3) is 3.68. The largest absolute Gasteiger partial charge is 0.296 e. The van der Waals surface area contributed by atoms with Gasteiger partial charge in [0, 0.05) is 40.6 Å². The second-order valence-corrected chi connectivity index (χ2v) is 7.86. The summed E-state index contributed by atoms with van der Waals surface area (Å²) < 4.78 is 14.2. The summed E-state index contributed by atoms with van der Waals surface area (Å²) in [6.45, 7) is 4.45. The Kier molecular flexibility index (Phi) is 4.96. The number of fused-ring (bicyclic) bond motifs is 1. The van der Waals surface area contributed by atoms with Gasteiger partial charge in [-0.1, -0.05) is 12.1 Å². The van der Waals surface area contributed by atoms with E-state index in [0.29, 0.717) is 23.8 Å². The smallest absolute Gasteiger partial charge is 0.149 e. The summed E-state index contributed by atoms with van der Waals surface area (Å²) in [7, 11) is 0. The number of aryl methyl sites for hydroxylation is 1. The van der Waals surface area contributed by atoms with Crippen LogP contribution in [0.2, 0.25) is 0 Å². The number of rotatable bonds is 4. The van der Waals surface area contributed by atoms with E-state index in [1.165, 1.54) is 11.8 Å². The molecule has 0 saturated carbocycles. The van der Waals surface area contributed by atoms with Crippen LogP contribution >= 0.6 is 0 Å². The van der Waals surface area contributed by atoms with Gasteiger partial charge in [-0.05, 0) is 57.1 Å². The zero-order chi connectivity index (χ0) is 20.5. The molecule has 30 heavy (non-hydrogen) atoms. The highest BCUT2D eigenvalue weighted by molar-refractivity contribution is 5.81. The SMILES string of the molecule is Cc1nc(CN2CCC(c3cc(-c4cccnc4)n[nH]3)CC2)nc2c(F)cccc12. The molecule has 0 spiro atoms. The molecule has 1 aliphatic heterocycles. The lowest BCUT2D eigenvalue weighted by atomic mass is 9.93. The maximum atomic E-state index is 14.2. The standard InChI is InChI=1S/C23H23FN6/c1-15-18-5-2-6-19(24)23(18)27-22(26-15)14-30-10-7-16(8-11-30)20-12-21(29-28-20)17-4-3-9-25-13-17/h2-6,9,12-13,16H,7-8,10-11,14H2,1H3,(H,28,29). The van der Waals surface area contributed by atoms with E-state index >= 15 is 0 Å². The Balaban J connectivity index is 1.25. The number of para-hydroxylation sites is 1. The molecule has 1 fully saturated rings. The van der Waals surface area contributed by atoms with Crippen molar-refractivity contribution in [3.05, 3.63) is 71.8 Å². The molecule has 0 atom stereocenters. The van der Waals surface area contributed by atoms with E-state index in [-0.39, 0.29) is 5.82 Å². The van der Waals surface area contributed by atoms with Gasteiger partial charge in [0.1, 0.15) is 17.2 Å². The zero-order valence-electron chi connectivity index (χ0n) is 16.8. The van der Waals surface area contributed by atoms with Crippen molar-refractivity contribution in [3.8, 4) is 11.3 Å². The fourth-order valence-corrected chi connectivity index (χ4v) is 4.21. The lowest BCUT2D eigenvalue weighted by Crippen LogP contribution is -2.33. The first-order chi connectivity index (χ1) is 14.7. The summed E-state index contributed by atoms with van der Waals surface area (Å²) in [5.74, 6) is 0.849. The van der Waals surface area contributed by atoms with E-state index in [4.69, 9.17) is 0 Å². The summed E-state index contributed by atoms with van der Waals surface area (Å²) >= 11 is 0. The number of hydrogen-bond donors (Lipinski definition) is 1. The van der Waals surface area contributed by atoms with E-state index in [1.807, 2.05) is 31.3 Å². The van der Waals surface area contributed by atoms with Crippen LogP contribution in [0.1, 0.15) is 36.0 Å². The minimum absolute atomic E-state index is 0.290. The number of nitrogens with zero attached hydrogens (tertiary/aromatic N) is 5. The Labute approximate surface area is 174 Å². The van der Waals surface area contributed by atoms with Gasteiger partial charge in [-0.3, -0.25) is 15.0 Å². The molecule has 1 aliphatic rings. The molecule has 0 bridgehead atoms. The molecule has 4 aromatic rings. The highest BCUT2D eigenvalue weighted by Gasteiger charge is 2.23. The van der Waals surface area contributed by atoms with Crippen molar-refractivity contribution >= 4 is 10.9 Å². The third-order valence-corrected chi connectivity index (χ3v) is 5.86. The number of piperidine rings is 1. The van der Waals surface area contributed by atoms with Gasteiger partial charge in [-0.2, -0.15) is 5.10 Å². The highest BCUT2D eigenvalue weighted by Crippen LogP contribution is 2.29. The first-order valence-corrected chi connectivity index (χ1v) is 10.3. The van der Waals surface area contributed by atoms with Crippen LogP contribution in [0, 0.1) is 12.7 Å². The monoisotopic (exact) mass is 402 g/mol. The van der Waals surface area contributed by atoms with Crippen LogP contribution in [0.25, 0.3) is 22.2 Å². The molecule has 0 unspecified atom stereocenters. The summed E-state index contributed by atoms with van der Waals surface area (Å²) in [5.41, 5.74) is 4.37. The van der Waals surface area contributed by atoms with Gasteiger partial charge >= 0.3 is 0 Å². The zero-order valence-corrected chi connectivity index (χ0v) is 16.8. The summed E-state index contributed by atoms with van der Waals surface area (Å²) in [4.78, 5) is 15.6. The molecule has 1 saturated heterocycles. The molecule has 3 aromatic heterocycles. The maximum absolute atomic E-state index is 14.2. The molecular formula is C23H23FN6. The van der Waals surface area contributed by atoms with Gasteiger partial charge < -0.3 is 0 Å². The van der Waals surface area contributed by atoms with Crippen molar-refractivity contribution in [3.63, 3.8) is 0 Å². The molecule has 1 aromatic carbocycles. The second-order valence-electron chi connectivity index (χ2n) is 7.86. The predicted molar refractivity (Wildman–Crippen MR) is 113 cm³/mol. The summed E-state index contributed by atoms with van der Waals surface area (Å²) in [5, 5.41) is 8.45. The van der Waals surface area contributed by atoms with Crippen molar-refractivity contribution in [2.45, 2.75) is 32.2 Å². The normalized spacial score (nSPS) is 15.7. The number of aromatic amines is 1. The van der Waals surface area contributed by atoms with Crippen LogP contribution in [0.4, 0.5) is 4.39 Å². The number of pyridine rings is 1. The summed E-state index contributed by atoms with van der Waals surface area (Å²) in [6, 6.07) is 11.1. The number of aromatic nitrogens is 5. The number of H-pyrrole nitrogens is 1. The number of likely N-dealkylation sites (tertiary alicyclic amines) is 1. The second kappa shape index (κ2) is 7.91. The minimum atomic E-state index is -0.290. The van der Waals surface area contributed by atoms with E-state index in [1.54, 1.807) is 12.3 Å². The average molecular weight is 402 g/mol. The summed E-state index contributed by atoms with van der Waals surface area (Å²) in [6.07, 6.45) is 5.67. The molecule has 0 aliphatic carbocycles. The van der Waals surface area contributed by atoms with Gasteiger partial charge in [-0.25, -0.2) is 14.4 Å². The highest BCUT2D eigenvalue weighted by atomic mass is 19.1. The fraction of sp³-hybridized carbons (Fsp3) is 0.304. The Morgan fingerprint density at radius 3 is 2.80 bits per heavy atom. The average Bonchev–Trinajstić information content (AvgIpc) is 3.26. The van der Waals surface area contributed by atoms with Crippen LogP contribution in [-0.4, -0.2) is 43.1 Å². The lowest BCUT2D eigenvalue weighted by molar-refractivity contribution is 0.199. The van der Waals surface area contributed by atoms with E-state index in [0.717, 1.165) is 48.3 Å². The first kappa shape index (κ1) is 18.8. The van der Waals surface area contributed by atoms with Crippen LogP contribution in [0.5, 0.6) is 0 Å². The van der Waals surface area contributed by atoms with Gasteiger partial charge in [0.2, 0.25) is 0 Å². The molecular weight excluding hydrogens is 379 g/mol. The van der Waals surface area contributed by atoms with Crippen molar-refractivity contribution in [2.24, 2.45) is 0 Å². The van der Waals surface area contributed by atoms with Gasteiger partial charge in [0.05, 0.1) is 12.2 Å². The van der Waals surface area contributed by atoms with Crippen LogP contribution in [0.15, 0.2) is 48.8 Å². The minimum Gasteiger partial charge on any atom is -0.296 e. The van der Waals surface area contributed by atoms with Gasteiger partial charge in [-0.15, -0.1) is 0 Å². The van der Waals surface area contributed by atoms with Gasteiger partial charge in [0.15, 0.2) is 0 Å². The number of nitrogens with one attached hydrogen (secondary N) is 1. The Morgan fingerprint density at radius 2 is 2.00 bits per heavy atom. The van der Waals surface area contributed by atoms with Crippen molar-refractivity contribution in [1.29, 1.82) is 0 Å². The molecule has 6 nitrogen and oxygen atoms in total. The van der Waals surface area contributed by atoms with E-state index < -0.39 is 0 Å². The van der Waals surface area contributed by atoms with Crippen LogP contribution in [0.3, 0.4) is 0 Å². The fourth-order valence-electron chi connectivity index (χ4n) is 4.21. The predicted octanol–water partition coefficient (Wildman–Crippen LogP) is 4.24. The topological polar surface area (TPSA) is 70.6 Å². The molecule has 7 heteroatoms. The van der Waals surface area contributed by atoms with Crippen LogP contribution < -0.4 is 0 Å². The molecule has 0 amide bonds. The molecule has 152 valence electrons. The van der Waals surface area contributed by atoms with Crippen molar-refractivity contribution < 1.29 is 4.39 Å². The van der Waals surface area contributed by atoms with Crippen molar-refractivity contribution in [1.82, 2.24) is 30.0 Å². The lowest BCUT2D eigenvalue weighted by Gasteiger charge is -2.30. The Morgan fingerprint density at radius 1 is 1.13 bits per heavy atom. The van der Waals surface area contributed by atoms with E-state index in [9.17, 15) is 4.39 Å². The molecule has 5 rings (SSSR count). The molecule has 0 radical (unpaired) electrons. The van der Waals surface area contributed by atoms with E-state index in [2.05, 4.69) is 36.1 Å². The van der Waals surface area contributed by atoms with Crippen molar-refractivity contribution in [2.75, 3.05) is 13.1 Å². The quantitative estimate of drug-likeness (QED) is 0.553. The molecule has 1 N–H and O–H groups in total. The Bertz CT molecular complexity index is 1170. The number of halogens is 1. The molecule has 4 heterocycles. The number of hydrogen-bond acceptors (Lipinski definition) is 5. The Hall–Kier alpha value is -3.19. The third-order valence-electron chi connectivity index (χ3n) is 5.86. The number of benzene rings is 1. The first-order valence-electron chi connectivity index (χ1n) is 10.3. The maximum Gasteiger partial charge on any atom is 0.149 e.